The molecule has 1 saturated heterocycles. The summed E-state index contributed by atoms with van der Waals surface area (Å²) in [6.07, 6.45) is 17.8. The van der Waals surface area contributed by atoms with E-state index in [4.69, 9.17) is 14.2 Å². The molecule has 1 aliphatic heterocycles. The molecule has 1 unspecified atom stereocenters. The minimum atomic E-state index is -0.254. The third kappa shape index (κ3) is 14.9. The van der Waals surface area contributed by atoms with Crippen molar-refractivity contribution in [3.05, 3.63) is 46.6 Å². The van der Waals surface area contributed by atoms with Gasteiger partial charge in [0.05, 0.1) is 13.2 Å². The van der Waals surface area contributed by atoms with Gasteiger partial charge in [0.1, 0.15) is 0 Å². The zero-order valence-corrected chi connectivity index (χ0v) is 20.5. The first-order chi connectivity index (χ1) is 14.9. The van der Waals surface area contributed by atoms with E-state index >= 15 is 0 Å². The van der Waals surface area contributed by atoms with Gasteiger partial charge in [-0.2, -0.15) is 0 Å². The predicted molar refractivity (Wildman–Crippen MR) is 129 cm³/mol. The van der Waals surface area contributed by atoms with Crippen molar-refractivity contribution >= 4 is 5.97 Å². The summed E-state index contributed by atoms with van der Waals surface area (Å²) < 4.78 is 16.7. The maximum atomic E-state index is 11.6. The highest BCUT2D eigenvalue weighted by atomic mass is 16.7. The van der Waals surface area contributed by atoms with Gasteiger partial charge in [0.25, 0.3) is 0 Å². The molecule has 0 bridgehead atoms. The Hall–Kier alpha value is -1.65. The standard InChI is InChI=1S/C27H44O4/c1-6-29-26(28)20-24(5)15-11-17-25(21-31-27-18-7-8-19-30-27)16-10-14-23(4)13-9-12-22(2)3/h12,14,17,20,27H,6-11,13,15-16,18-19,21H2,1-5H3/b23-14+,24-20+,25-17+. The van der Waals surface area contributed by atoms with Crippen LogP contribution in [-0.4, -0.2) is 32.1 Å². The Bertz CT molecular complexity index is 630. The van der Waals surface area contributed by atoms with Crippen LogP contribution in [0.3, 0.4) is 0 Å². The lowest BCUT2D eigenvalue weighted by Crippen LogP contribution is -2.23. The number of rotatable bonds is 14. The van der Waals surface area contributed by atoms with Gasteiger partial charge in [-0.15, -0.1) is 0 Å². The maximum Gasteiger partial charge on any atom is 0.330 e. The monoisotopic (exact) mass is 432 g/mol. The molecule has 0 amide bonds. The van der Waals surface area contributed by atoms with E-state index in [-0.39, 0.29) is 12.3 Å². The minimum absolute atomic E-state index is 0.0658. The van der Waals surface area contributed by atoms with Gasteiger partial charge in [-0.3, -0.25) is 0 Å². The number of hydrogen-bond acceptors (Lipinski definition) is 4. The zero-order chi connectivity index (χ0) is 22.9. The van der Waals surface area contributed by atoms with Crippen molar-refractivity contribution in [3.8, 4) is 0 Å². The SMILES string of the molecule is CCOC(=O)/C=C(\C)CC/C=C(\CC/C=C(\C)CCC=C(C)C)COC1CCCCO1. The molecule has 1 aliphatic rings. The number of carbonyl (C=O) groups excluding carboxylic acids is 1. The average Bonchev–Trinajstić information content (AvgIpc) is 2.72. The molecule has 0 aromatic carbocycles. The Kier molecular flexibility index (Phi) is 15.0. The van der Waals surface area contributed by atoms with Crippen LogP contribution in [0.1, 0.15) is 92.4 Å². The van der Waals surface area contributed by atoms with Crippen LogP contribution in [0.4, 0.5) is 0 Å². The summed E-state index contributed by atoms with van der Waals surface area (Å²) >= 11 is 0. The number of allylic oxidation sites excluding steroid dienone is 6. The van der Waals surface area contributed by atoms with E-state index in [2.05, 4.69) is 39.0 Å². The molecule has 0 aromatic heterocycles. The lowest BCUT2D eigenvalue weighted by atomic mass is 10.0. The summed E-state index contributed by atoms with van der Waals surface area (Å²) in [5.74, 6) is -0.254. The fourth-order valence-electron chi connectivity index (χ4n) is 3.43. The summed E-state index contributed by atoms with van der Waals surface area (Å²) in [7, 11) is 0. The molecule has 1 rings (SSSR count). The summed E-state index contributed by atoms with van der Waals surface area (Å²) in [6.45, 7) is 12.2. The van der Waals surface area contributed by atoms with Crippen LogP contribution in [0.15, 0.2) is 46.6 Å². The molecule has 0 aromatic rings. The van der Waals surface area contributed by atoms with Gasteiger partial charge >= 0.3 is 5.97 Å². The van der Waals surface area contributed by atoms with E-state index in [0.717, 1.165) is 63.5 Å². The van der Waals surface area contributed by atoms with Crippen LogP contribution >= 0.6 is 0 Å². The topological polar surface area (TPSA) is 44.8 Å². The van der Waals surface area contributed by atoms with E-state index in [0.29, 0.717) is 13.2 Å². The molecule has 1 heterocycles. The zero-order valence-electron chi connectivity index (χ0n) is 20.5. The summed E-state index contributed by atoms with van der Waals surface area (Å²) in [4.78, 5) is 11.6. The fraction of sp³-hybridized carbons (Fsp3) is 0.667. The van der Waals surface area contributed by atoms with Gasteiger partial charge in [-0.1, -0.05) is 34.9 Å². The van der Waals surface area contributed by atoms with Crippen LogP contribution < -0.4 is 0 Å². The summed E-state index contributed by atoms with van der Waals surface area (Å²) in [5.41, 5.74) is 5.18. The number of carbonyl (C=O) groups is 1. The maximum absolute atomic E-state index is 11.6. The Labute approximate surface area is 190 Å². The first kappa shape index (κ1) is 27.4. The van der Waals surface area contributed by atoms with Crippen LogP contribution in [0.25, 0.3) is 0 Å². The Morgan fingerprint density at radius 1 is 0.935 bits per heavy atom. The van der Waals surface area contributed by atoms with Gasteiger partial charge in [-0.25, -0.2) is 4.79 Å². The van der Waals surface area contributed by atoms with Gasteiger partial charge < -0.3 is 14.2 Å². The van der Waals surface area contributed by atoms with E-state index < -0.39 is 0 Å². The first-order valence-corrected chi connectivity index (χ1v) is 11.9. The molecular weight excluding hydrogens is 388 g/mol. The van der Waals surface area contributed by atoms with Crippen LogP contribution in [-0.2, 0) is 19.0 Å². The molecule has 4 heteroatoms. The molecule has 0 spiro atoms. The molecule has 1 fully saturated rings. The molecule has 176 valence electrons. The molecule has 31 heavy (non-hydrogen) atoms. The highest BCUT2D eigenvalue weighted by molar-refractivity contribution is 5.82. The Morgan fingerprint density at radius 2 is 1.65 bits per heavy atom. The fourth-order valence-corrected chi connectivity index (χ4v) is 3.43. The molecule has 0 saturated carbocycles. The second-order valence-corrected chi connectivity index (χ2v) is 8.66. The lowest BCUT2D eigenvalue weighted by Gasteiger charge is -2.23. The Morgan fingerprint density at radius 3 is 2.32 bits per heavy atom. The van der Waals surface area contributed by atoms with Crippen molar-refractivity contribution in [3.63, 3.8) is 0 Å². The van der Waals surface area contributed by atoms with E-state index in [9.17, 15) is 4.79 Å². The van der Waals surface area contributed by atoms with Crippen molar-refractivity contribution < 1.29 is 19.0 Å². The third-order valence-electron chi connectivity index (χ3n) is 5.26. The summed E-state index contributed by atoms with van der Waals surface area (Å²) in [5, 5.41) is 0. The second-order valence-electron chi connectivity index (χ2n) is 8.66. The van der Waals surface area contributed by atoms with Crippen molar-refractivity contribution in [2.75, 3.05) is 19.8 Å². The van der Waals surface area contributed by atoms with E-state index in [1.807, 2.05) is 13.8 Å². The van der Waals surface area contributed by atoms with Gasteiger partial charge in [0.15, 0.2) is 6.29 Å². The molecule has 1 atom stereocenters. The highest BCUT2D eigenvalue weighted by Crippen LogP contribution is 2.18. The first-order valence-electron chi connectivity index (χ1n) is 11.9. The average molecular weight is 433 g/mol. The summed E-state index contributed by atoms with van der Waals surface area (Å²) in [6, 6.07) is 0. The smallest absolute Gasteiger partial charge is 0.330 e. The van der Waals surface area contributed by atoms with Crippen LogP contribution in [0.2, 0.25) is 0 Å². The largest absolute Gasteiger partial charge is 0.463 e. The third-order valence-corrected chi connectivity index (χ3v) is 5.26. The van der Waals surface area contributed by atoms with Crippen molar-refractivity contribution in [1.29, 1.82) is 0 Å². The lowest BCUT2D eigenvalue weighted by molar-refractivity contribution is -0.157. The minimum Gasteiger partial charge on any atom is -0.463 e. The van der Waals surface area contributed by atoms with Crippen molar-refractivity contribution in [1.82, 2.24) is 0 Å². The van der Waals surface area contributed by atoms with E-state index in [1.54, 1.807) is 6.08 Å². The Balaban J connectivity index is 2.57. The van der Waals surface area contributed by atoms with Crippen molar-refractivity contribution in [2.45, 2.75) is 98.7 Å². The predicted octanol–water partition coefficient (Wildman–Crippen LogP) is 7.22. The molecular formula is C27H44O4. The number of hydrogen-bond donors (Lipinski definition) is 0. The molecule has 0 aliphatic carbocycles. The van der Waals surface area contributed by atoms with Crippen LogP contribution in [0.5, 0.6) is 0 Å². The van der Waals surface area contributed by atoms with Gasteiger partial charge in [0.2, 0.25) is 0 Å². The quantitative estimate of drug-likeness (QED) is 0.165. The van der Waals surface area contributed by atoms with E-state index in [1.165, 1.54) is 23.1 Å². The number of ether oxygens (including phenoxy) is 3. The molecule has 0 radical (unpaired) electrons. The van der Waals surface area contributed by atoms with Gasteiger partial charge in [-0.05, 0) is 98.0 Å². The molecule has 0 N–H and O–H groups in total. The van der Waals surface area contributed by atoms with Crippen molar-refractivity contribution in [2.24, 2.45) is 0 Å². The van der Waals surface area contributed by atoms with Crippen LogP contribution in [0, 0.1) is 0 Å². The highest BCUT2D eigenvalue weighted by Gasteiger charge is 2.14. The normalized spacial score (nSPS) is 18.1. The number of esters is 1. The molecule has 4 nitrogen and oxygen atoms in total. The van der Waals surface area contributed by atoms with Gasteiger partial charge in [0, 0.05) is 12.7 Å². The second kappa shape index (κ2) is 17.0.